The van der Waals surface area contributed by atoms with Gasteiger partial charge in [0.05, 0.1) is 6.04 Å². The monoisotopic (exact) mass is 228 g/mol. The van der Waals surface area contributed by atoms with Gasteiger partial charge in [-0.15, -0.1) is 0 Å². The number of nitrogens with two attached hydrogens (primary N) is 1. The van der Waals surface area contributed by atoms with Gasteiger partial charge in [0.1, 0.15) is 0 Å². The van der Waals surface area contributed by atoms with E-state index in [0.717, 1.165) is 25.7 Å². The lowest BCUT2D eigenvalue weighted by Crippen LogP contribution is -2.44. The van der Waals surface area contributed by atoms with Crippen LogP contribution in [0.4, 0.5) is 0 Å². The van der Waals surface area contributed by atoms with Crippen LogP contribution in [0.5, 0.6) is 0 Å². The average Bonchev–Trinajstić information content (AvgIpc) is 2.26. The van der Waals surface area contributed by atoms with Crippen molar-refractivity contribution in [1.29, 1.82) is 0 Å². The van der Waals surface area contributed by atoms with Crippen molar-refractivity contribution < 1.29 is 4.79 Å². The second-order valence-electron chi connectivity index (χ2n) is 4.65. The van der Waals surface area contributed by atoms with E-state index in [1.54, 1.807) is 0 Å². The molecule has 0 aromatic carbocycles. The molecule has 2 atom stereocenters. The van der Waals surface area contributed by atoms with Gasteiger partial charge < -0.3 is 11.1 Å². The summed E-state index contributed by atoms with van der Waals surface area (Å²) in [5, 5.41) is 2.98. The third kappa shape index (κ3) is 7.69. The maximum absolute atomic E-state index is 11.7. The molecule has 0 aliphatic heterocycles. The standard InChI is InChI=1S/C13H28N2O/c1-4-6-8-9-11(3)15-13(16)12(14)10-7-5-2/h11-12H,4-10,14H2,1-3H3,(H,15,16). The molecule has 0 radical (unpaired) electrons. The van der Waals surface area contributed by atoms with Crippen LogP contribution in [0.1, 0.15) is 65.7 Å². The first-order valence-corrected chi connectivity index (χ1v) is 6.67. The lowest BCUT2D eigenvalue weighted by molar-refractivity contribution is -0.123. The van der Waals surface area contributed by atoms with Crippen LogP contribution in [-0.2, 0) is 4.79 Å². The van der Waals surface area contributed by atoms with E-state index in [4.69, 9.17) is 5.73 Å². The third-order valence-electron chi connectivity index (χ3n) is 2.83. The van der Waals surface area contributed by atoms with E-state index < -0.39 is 0 Å². The zero-order valence-corrected chi connectivity index (χ0v) is 11.1. The summed E-state index contributed by atoms with van der Waals surface area (Å²) in [6, 6.07) is -0.0692. The molecule has 2 unspecified atom stereocenters. The molecule has 3 heteroatoms. The highest BCUT2D eigenvalue weighted by Gasteiger charge is 2.14. The number of carbonyl (C=O) groups is 1. The molecule has 0 bridgehead atoms. The number of unbranched alkanes of at least 4 members (excludes halogenated alkanes) is 3. The van der Waals surface area contributed by atoms with E-state index >= 15 is 0 Å². The Hall–Kier alpha value is -0.570. The van der Waals surface area contributed by atoms with Crippen LogP contribution in [0.25, 0.3) is 0 Å². The molecule has 0 heterocycles. The van der Waals surface area contributed by atoms with E-state index in [-0.39, 0.29) is 18.0 Å². The summed E-state index contributed by atoms with van der Waals surface area (Å²) < 4.78 is 0. The predicted octanol–water partition coefficient (Wildman–Crippen LogP) is 2.59. The normalized spacial score (nSPS) is 14.5. The first-order valence-electron chi connectivity index (χ1n) is 6.67. The highest BCUT2D eigenvalue weighted by Crippen LogP contribution is 2.04. The molecule has 0 aliphatic carbocycles. The Bertz CT molecular complexity index is 183. The average molecular weight is 228 g/mol. The first-order chi connectivity index (χ1) is 7.61. The Morgan fingerprint density at radius 3 is 2.31 bits per heavy atom. The summed E-state index contributed by atoms with van der Waals surface area (Å²) in [4.78, 5) is 11.7. The number of hydrogen-bond acceptors (Lipinski definition) is 2. The SMILES string of the molecule is CCCCCC(C)NC(=O)C(N)CCCC. The highest BCUT2D eigenvalue weighted by molar-refractivity contribution is 5.81. The van der Waals surface area contributed by atoms with E-state index in [0.29, 0.717) is 0 Å². The van der Waals surface area contributed by atoms with Gasteiger partial charge in [0.25, 0.3) is 0 Å². The quantitative estimate of drug-likeness (QED) is 0.596. The van der Waals surface area contributed by atoms with E-state index in [9.17, 15) is 4.79 Å². The molecule has 0 aromatic heterocycles. The molecule has 0 saturated carbocycles. The largest absolute Gasteiger partial charge is 0.352 e. The summed E-state index contributed by atoms with van der Waals surface area (Å²) in [7, 11) is 0. The molecule has 1 amide bonds. The van der Waals surface area contributed by atoms with Crippen molar-refractivity contribution in [2.45, 2.75) is 77.8 Å². The lowest BCUT2D eigenvalue weighted by atomic mass is 10.1. The molecule has 0 rings (SSSR count). The Morgan fingerprint density at radius 2 is 1.75 bits per heavy atom. The predicted molar refractivity (Wildman–Crippen MR) is 69.2 cm³/mol. The van der Waals surface area contributed by atoms with E-state index in [1.807, 2.05) is 0 Å². The fourth-order valence-electron chi connectivity index (χ4n) is 1.68. The molecule has 0 saturated heterocycles. The lowest BCUT2D eigenvalue weighted by Gasteiger charge is -2.17. The summed E-state index contributed by atoms with van der Waals surface area (Å²) in [6.45, 7) is 6.35. The summed E-state index contributed by atoms with van der Waals surface area (Å²) >= 11 is 0. The van der Waals surface area contributed by atoms with Gasteiger partial charge in [-0.25, -0.2) is 0 Å². The van der Waals surface area contributed by atoms with Crippen molar-refractivity contribution >= 4 is 5.91 Å². The fraction of sp³-hybridized carbons (Fsp3) is 0.923. The number of rotatable bonds is 9. The molecule has 3 nitrogen and oxygen atoms in total. The molecular weight excluding hydrogens is 200 g/mol. The third-order valence-corrected chi connectivity index (χ3v) is 2.83. The Kier molecular flexibility index (Phi) is 9.30. The van der Waals surface area contributed by atoms with Crippen LogP contribution in [0.15, 0.2) is 0 Å². The van der Waals surface area contributed by atoms with Crippen LogP contribution in [-0.4, -0.2) is 18.0 Å². The van der Waals surface area contributed by atoms with E-state index in [1.165, 1.54) is 19.3 Å². The number of carbonyl (C=O) groups excluding carboxylic acids is 1. The van der Waals surface area contributed by atoms with Gasteiger partial charge >= 0.3 is 0 Å². The van der Waals surface area contributed by atoms with Gasteiger partial charge in [0, 0.05) is 6.04 Å². The van der Waals surface area contributed by atoms with E-state index in [2.05, 4.69) is 26.1 Å². The fourth-order valence-corrected chi connectivity index (χ4v) is 1.68. The Labute approximate surface area is 100 Å². The second-order valence-corrected chi connectivity index (χ2v) is 4.65. The zero-order valence-electron chi connectivity index (χ0n) is 11.1. The van der Waals surface area contributed by atoms with Crippen molar-refractivity contribution in [1.82, 2.24) is 5.32 Å². The molecule has 16 heavy (non-hydrogen) atoms. The van der Waals surface area contributed by atoms with Crippen molar-refractivity contribution in [3.63, 3.8) is 0 Å². The molecule has 3 N–H and O–H groups in total. The highest BCUT2D eigenvalue weighted by atomic mass is 16.2. The van der Waals surface area contributed by atoms with Crippen molar-refractivity contribution in [2.24, 2.45) is 5.73 Å². The van der Waals surface area contributed by atoms with Gasteiger partial charge in [-0.2, -0.15) is 0 Å². The zero-order chi connectivity index (χ0) is 12.4. The van der Waals surface area contributed by atoms with Crippen molar-refractivity contribution in [3.05, 3.63) is 0 Å². The summed E-state index contributed by atoms with van der Waals surface area (Å²) in [5.74, 6) is 0.0115. The number of amides is 1. The van der Waals surface area contributed by atoms with Gasteiger partial charge in [0.2, 0.25) is 5.91 Å². The summed E-state index contributed by atoms with van der Waals surface area (Å²) in [6.07, 6.45) is 7.61. The van der Waals surface area contributed by atoms with Crippen molar-refractivity contribution in [3.8, 4) is 0 Å². The molecule has 0 fully saturated rings. The van der Waals surface area contributed by atoms with Crippen molar-refractivity contribution in [2.75, 3.05) is 0 Å². The number of hydrogen-bond donors (Lipinski definition) is 2. The van der Waals surface area contributed by atoms with Crippen LogP contribution in [0.3, 0.4) is 0 Å². The molecule has 0 aromatic rings. The van der Waals surface area contributed by atoms with Gasteiger partial charge in [-0.05, 0) is 19.8 Å². The van der Waals surface area contributed by atoms with Gasteiger partial charge in [-0.3, -0.25) is 4.79 Å². The Balaban J connectivity index is 3.67. The maximum atomic E-state index is 11.7. The van der Waals surface area contributed by atoms with Gasteiger partial charge in [-0.1, -0.05) is 46.0 Å². The summed E-state index contributed by atoms with van der Waals surface area (Å²) in [5.41, 5.74) is 5.79. The molecular formula is C13H28N2O. The number of nitrogens with one attached hydrogen (secondary N) is 1. The Morgan fingerprint density at radius 1 is 1.12 bits per heavy atom. The van der Waals surface area contributed by atoms with Gasteiger partial charge in [0.15, 0.2) is 0 Å². The minimum atomic E-state index is -0.325. The first kappa shape index (κ1) is 15.4. The van der Waals surface area contributed by atoms with Crippen LogP contribution < -0.4 is 11.1 Å². The molecule has 0 spiro atoms. The minimum absolute atomic E-state index is 0.0115. The van der Waals surface area contributed by atoms with Crippen LogP contribution >= 0.6 is 0 Å². The second kappa shape index (κ2) is 9.64. The smallest absolute Gasteiger partial charge is 0.237 e. The topological polar surface area (TPSA) is 55.1 Å². The van der Waals surface area contributed by atoms with Crippen LogP contribution in [0.2, 0.25) is 0 Å². The molecule has 0 aliphatic rings. The maximum Gasteiger partial charge on any atom is 0.237 e. The molecule has 96 valence electrons. The minimum Gasteiger partial charge on any atom is -0.352 e. The van der Waals surface area contributed by atoms with Crippen LogP contribution in [0, 0.1) is 0 Å².